The lowest BCUT2D eigenvalue weighted by atomic mass is 9.91. The average Bonchev–Trinajstić information content (AvgIpc) is 2.42. The second-order valence-corrected chi connectivity index (χ2v) is 5.12. The minimum absolute atomic E-state index is 0.0346. The topological polar surface area (TPSA) is 60.7 Å². The molecule has 1 aliphatic carbocycles. The molecule has 1 aromatic heterocycles. The van der Waals surface area contributed by atoms with E-state index >= 15 is 0 Å². The number of aromatic nitrogens is 1. The highest BCUT2D eigenvalue weighted by Gasteiger charge is 2.22. The minimum Gasteiger partial charge on any atom is -0.365 e. The Morgan fingerprint density at radius 2 is 2.21 bits per heavy atom. The molecule has 1 saturated carbocycles. The largest absolute Gasteiger partial charge is 0.365 e. The molecule has 102 valence electrons. The van der Waals surface area contributed by atoms with Crippen molar-refractivity contribution in [3.8, 4) is 6.07 Å². The Bertz CT molecular complexity index is 500. The number of rotatable bonds is 3. The van der Waals surface area contributed by atoms with Crippen molar-refractivity contribution in [3.63, 3.8) is 0 Å². The molecule has 6 heteroatoms. The van der Waals surface area contributed by atoms with Gasteiger partial charge in [-0.05, 0) is 38.8 Å². The molecule has 1 heterocycles. The lowest BCUT2D eigenvalue weighted by molar-refractivity contribution is 0.368. The van der Waals surface area contributed by atoms with Crippen LogP contribution in [0.5, 0.6) is 0 Å². The first kappa shape index (κ1) is 14.0. The highest BCUT2D eigenvalue weighted by Crippen LogP contribution is 2.25. The van der Waals surface area contributed by atoms with E-state index in [9.17, 15) is 4.39 Å². The zero-order valence-corrected chi connectivity index (χ0v) is 11.5. The number of nitrogens with one attached hydrogen (secondary N) is 2. The van der Waals surface area contributed by atoms with Crippen LogP contribution in [0.2, 0.25) is 5.15 Å². The minimum atomic E-state index is -0.535. The second-order valence-electron chi connectivity index (χ2n) is 4.76. The number of nitriles is 1. The average molecular weight is 283 g/mol. The normalized spacial score (nSPS) is 22.8. The third kappa shape index (κ3) is 3.34. The standard InChI is InChI=1S/C13H16ClFN4/c1-17-9-3-2-4-10(6-9)18-13-11(15)5-8(7-16)12(14)19-13/h5,9-10,17H,2-4,6H2,1H3,(H,18,19). The van der Waals surface area contributed by atoms with E-state index in [1.807, 2.05) is 13.1 Å². The molecule has 0 radical (unpaired) electrons. The van der Waals surface area contributed by atoms with Gasteiger partial charge >= 0.3 is 0 Å². The summed E-state index contributed by atoms with van der Waals surface area (Å²) >= 11 is 5.82. The first-order chi connectivity index (χ1) is 9.13. The van der Waals surface area contributed by atoms with Gasteiger partial charge in [0.25, 0.3) is 0 Å². The summed E-state index contributed by atoms with van der Waals surface area (Å²) in [5.41, 5.74) is 0.0569. The summed E-state index contributed by atoms with van der Waals surface area (Å²) in [5.74, 6) is -0.404. The Morgan fingerprint density at radius 1 is 1.47 bits per heavy atom. The van der Waals surface area contributed by atoms with Gasteiger partial charge in [0.2, 0.25) is 0 Å². The van der Waals surface area contributed by atoms with Crippen molar-refractivity contribution in [1.29, 1.82) is 5.26 Å². The van der Waals surface area contributed by atoms with E-state index in [2.05, 4.69) is 15.6 Å². The first-order valence-corrected chi connectivity index (χ1v) is 6.71. The predicted molar refractivity (Wildman–Crippen MR) is 72.6 cm³/mol. The van der Waals surface area contributed by atoms with E-state index in [0.29, 0.717) is 6.04 Å². The highest BCUT2D eigenvalue weighted by atomic mass is 35.5. The van der Waals surface area contributed by atoms with E-state index in [1.54, 1.807) is 0 Å². The molecule has 1 aliphatic rings. The van der Waals surface area contributed by atoms with Gasteiger partial charge in [-0.2, -0.15) is 5.26 Å². The summed E-state index contributed by atoms with van der Waals surface area (Å²) in [6.07, 6.45) is 4.14. The van der Waals surface area contributed by atoms with Gasteiger partial charge in [-0.1, -0.05) is 11.6 Å². The molecule has 2 unspecified atom stereocenters. The molecule has 19 heavy (non-hydrogen) atoms. The van der Waals surface area contributed by atoms with Gasteiger partial charge in [-0.25, -0.2) is 9.37 Å². The third-order valence-corrected chi connectivity index (χ3v) is 3.76. The maximum absolute atomic E-state index is 13.8. The number of pyridine rings is 1. The molecule has 0 aliphatic heterocycles. The van der Waals surface area contributed by atoms with Gasteiger partial charge in [-0.3, -0.25) is 0 Å². The van der Waals surface area contributed by atoms with Gasteiger partial charge in [0.15, 0.2) is 11.6 Å². The molecule has 2 rings (SSSR count). The van der Waals surface area contributed by atoms with Gasteiger partial charge in [-0.15, -0.1) is 0 Å². The Hall–Kier alpha value is -1.38. The van der Waals surface area contributed by atoms with Crippen LogP contribution in [0, 0.1) is 17.1 Å². The van der Waals surface area contributed by atoms with Gasteiger partial charge in [0.1, 0.15) is 11.2 Å². The Labute approximate surface area is 117 Å². The van der Waals surface area contributed by atoms with Crippen LogP contribution in [0.4, 0.5) is 10.2 Å². The van der Waals surface area contributed by atoms with Crippen molar-refractivity contribution in [2.45, 2.75) is 37.8 Å². The molecule has 0 amide bonds. The van der Waals surface area contributed by atoms with Crippen molar-refractivity contribution in [2.24, 2.45) is 0 Å². The first-order valence-electron chi connectivity index (χ1n) is 6.34. The van der Waals surface area contributed by atoms with Crippen molar-refractivity contribution < 1.29 is 4.39 Å². The molecule has 1 fully saturated rings. The van der Waals surface area contributed by atoms with Crippen molar-refractivity contribution >= 4 is 17.4 Å². The fourth-order valence-electron chi connectivity index (χ4n) is 2.42. The van der Waals surface area contributed by atoms with Gasteiger partial charge in [0, 0.05) is 12.1 Å². The SMILES string of the molecule is CNC1CCCC(Nc2nc(Cl)c(C#N)cc2F)C1. The highest BCUT2D eigenvalue weighted by molar-refractivity contribution is 6.30. The lowest BCUT2D eigenvalue weighted by Crippen LogP contribution is -2.37. The Morgan fingerprint density at radius 3 is 2.89 bits per heavy atom. The number of hydrogen-bond acceptors (Lipinski definition) is 4. The smallest absolute Gasteiger partial charge is 0.166 e. The van der Waals surface area contributed by atoms with Crippen LogP contribution in [0.15, 0.2) is 6.07 Å². The fraction of sp³-hybridized carbons (Fsp3) is 0.538. The molecule has 2 N–H and O–H groups in total. The monoisotopic (exact) mass is 282 g/mol. The molecule has 0 bridgehead atoms. The maximum Gasteiger partial charge on any atom is 0.166 e. The molecular weight excluding hydrogens is 267 g/mol. The predicted octanol–water partition coefficient (Wildman–Crippen LogP) is 2.69. The fourth-order valence-corrected chi connectivity index (χ4v) is 2.60. The third-order valence-electron chi connectivity index (χ3n) is 3.47. The van der Waals surface area contributed by atoms with Crippen LogP contribution >= 0.6 is 11.6 Å². The quantitative estimate of drug-likeness (QED) is 0.837. The Kier molecular flexibility index (Phi) is 4.56. The number of hydrogen-bond donors (Lipinski definition) is 2. The molecule has 1 aromatic rings. The Balaban J connectivity index is 2.11. The zero-order chi connectivity index (χ0) is 13.8. The molecule has 0 saturated heterocycles. The summed E-state index contributed by atoms with van der Waals surface area (Å²) in [5, 5.41) is 15.1. The molecule has 0 aromatic carbocycles. The maximum atomic E-state index is 13.8. The van der Waals surface area contributed by atoms with E-state index in [1.165, 1.54) is 0 Å². The van der Waals surface area contributed by atoms with Gasteiger partial charge in [0.05, 0.1) is 5.56 Å². The number of halogens is 2. The van der Waals surface area contributed by atoms with Crippen molar-refractivity contribution in [1.82, 2.24) is 10.3 Å². The van der Waals surface area contributed by atoms with Crippen molar-refractivity contribution in [3.05, 3.63) is 22.6 Å². The van der Waals surface area contributed by atoms with Crippen LogP contribution in [0.1, 0.15) is 31.2 Å². The van der Waals surface area contributed by atoms with E-state index in [0.717, 1.165) is 31.7 Å². The zero-order valence-electron chi connectivity index (χ0n) is 10.7. The van der Waals surface area contributed by atoms with Crippen LogP contribution in [0.3, 0.4) is 0 Å². The summed E-state index contributed by atoms with van der Waals surface area (Å²) in [6, 6.07) is 3.56. The van der Waals surface area contributed by atoms with Crippen LogP contribution < -0.4 is 10.6 Å². The summed E-state index contributed by atoms with van der Waals surface area (Å²) in [4.78, 5) is 3.92. The molecule has 0 spiro atoms. The second kappa shape index (κ2) is 6.18. The van der Waals surface area contributed by atoms with E-state index < -0.39 is 5.82 Å². The molecule has 4 nitrogen and oxygen atoms in total. The van der Waals surface area contributed by atoms with E-state index in [-0.39, 0.29) is 22.6 Å². The summed E-state index contributed by atoms with van der Waals surface area (Å²) < 4.78 is 13.8. The van der Waals surface area contributed by atoms with Crippen LogP contribution in [-0.4, -0.2) is 24.1 Å². The number of anilines is 1. The van der Waals surface area contributed by atoms with Crippen LogP contribution in [0.25, 0.3) is 0 Å². The van der Waals surface area contributed by atoms with E-state index in [4.69, 9.17) is 16.9 Å². The molecule has 2 atom stereocenters. The molecular formula is C13H16ClFN4. The van der Waals surface area contributed by atoms with Crippen LogP contribution in [-0.2, 0) is 0 Å². The summed E-state index contributed by atoms with van der Waals surface area (Å²) in [6.45, 7) is 0. The lowest BCUT2D eigenvalue weighted by Gasteiger charge is -2.29. The van der Waals surface area contributed by atoms with Crippen molar-refractivity contribution in [2.75, 3.05) is 12.4 Å². The van der Waals surface area contributed by atoms with Gasteiger partial charge < -0.3 is 10.6 Å². The summed E-state index contributed by atoms with van der Waals surface area (Å²) in [7, 11) is 1.93. The number of nitrogens with zero attached hydrogens (tertiary/aromatic N) is 2.